The number of nitrogens with zero attached hydrogens (tertiary/aromatic N) is 1. The molecule has 0 saturated carbocycles. The summed E-state index contributed by atoms with van der Waals surface area (Å²) in [5.41, 5.74) is 0.862. The monoisotopic (exact) mass is 206 g/mol. The van der Waals surface area contributed by atoms with Crippen molar-refractivity contribution in [2.75, 3.05) is 0 Å². The summed E-state index contributed by atoms with van der Waals surface area (Å²) in [6, 6.07) is 8.60. The van der Waals surface area contributed by atoms with Crippen LogP contribution in [0.15, 0.2) is 30.3 Å². The fraction of sp³-hybridized carbons (Fsp3) is 0.200. The highest BCUT2D eigenvalue weighted by Gasteiger charge is 2.36. The average Bonchev–Trinajstić information content (AvgIpc) is 2.47. The minimum Gasteiger partial charge on any atom is -0.365 e. The lowest BCUT2D eigenvalue weighted by atomic mass is 10.2. The number of hydrogen-bond donors (Lipinski definition) is 2. The number of amides is 3. The van der Waals surface area contributed by atoms with Crippen LogP contribution in [0.5, 0.6) is 0 Å². The Labute approximate surface area is 86.3 Å². The zero-order valence-electron chi connectivity index (χ0n) is 7.88. The van der Waals surface area contributed by atoms with E-state index in [-0.39, 0.29) is 6.54 Å². The number of hydrogen-bond acceptors (Lipinski definition) is 3. The molecule has 0 spiro atoms. The van der Waals surface area contributed by atoms with Crippen molar-refractivity contribution in [1.29, 1.82) is 0 Å². The third kappa shape index (κ3) is 1.82. The largest absolute Gasteiger partial charge is 0.365 e. The quantitative estimate of drug-likeness (QED) is 0.672. The summed E-state index contributed by atoms with van der Waals surface area (Å²) in [5.74, 6) is -0.670. The van der Waals surface area contributed by atoms with Gasteiger partial charge in [0, 0.05) is 0 Å². The topological polar surface area (TPSA) is 69.6 Å². The molecule has 2 N–H and O–H groups in total. The van der Waals surface area contributed by atoms with Crippen LogP contribution in [0.4, 0.5) is 4.79 Å². The maximum atomic E-state index is 11.2. The van der Waals surface area contributed by atoms with Gasteiger partial charge in [0.25, 0.3) is 5.91 Å². The number of aliphatic hydroxyl groups is 1. The molecular weight excluding hydrogens is 196 g/mol. The Balaban J connectivity index is 2.13. The SMILES string of the molecule is O=C1NC(=O)N(Cc2ccccc2)C1O. The van der Waals surface area contributed by atoms with Crippen LogP contribution in [-0.2, 0) is 11.3 Å². The van der Waals surface area contributed by atoms with Crippen LogP contribution in [0.3, 0.4) is 0 Å². The Morgan fingerprint density at radius 3 is 2.47 bits per heavy atom. The lowest BCUT2D eigenvalue weighted by molar-refractivity contribution is -0.130. The van der Waals surface area contributed by atoms with Gasteiger partial charge in [-0.25, -0.2) is 4.79 Å². The molecule has 15 heavy (non-hydrogen) atoms. The number of urea groups is 1. The molecule has 1 aliphatic rings. The van der Waals surface area contributed by atoms with E-state index >= 15 is 0 Å². The number of carbonyl (C=O) groups excluding carboxylic acids is 2. The maximum absolute atomic E-state index is 11.2. The van der Waals surface area contributed by atoms with Gasteiger partial charge < -0.3 is 5.11 Å². The van der Waals surface area contributed by atoms with Crippen molar-refractivity contribution in [3.63, 3.8) is 0 Å². The zero-order chi connectivity index (χ0) is 10.8. The molecule has 1 aliphatic heterocycles. The van der Waals surface area contributed by atoms with Crippen LogP contribution >= 0.6 is 0 Å². The molecule has 1 heterocycles. The molecule has 1 aromatic carbocycles. The third-order valence-electron chi connectivity index (χ3n) is 2.22. The maximum Gasteiger partial charge on any atom is 0.326 e. The molecule has 1 fully saturated rings. The van der Waals surface area contributed by atoms with E-state index in [2.05, 4.69) is 0 Å². The van der Waals surface area contributed by atoms with Crippen molar-refractivity contribution in [2.24, 2.45) is 0 Å². The Hall–Kier alpha value is -1.88. The van der Waals surface area contributed by atoms with Crippen molar-refractivity contribution in [3.8, 4) is 0 Å². The summed E-state index contributed by atoms with van der Waals surface area (Å²) < 4.78 is 0. The zero-order valence-corrected chi connectivity index (χ0v) is 7.88. The molecule has 1 unspecified atom stereocenters. The van der Waals surface area contributed by atoms with Gasteiger partial charge in [-0.3, -0.25) is 15.0 Å². The molecule has 0 bridgehead atoms. The van der Waals surface area contributed by atoms with E-state index < -0.39 is 18.2 Å². The van der Waals surface area contributed by atoms with E-state index in [1.165, 1.54) is 0 Å². The van der Waals surface area contributed by atoms with Gasteiger partial charge in [-0.05, 0) is 5.56 Å². The standard InChI is InChI=1S/C10H10N2O3/c13-8-9(14)12(10(15)11-8)6-7-4-2-1-3-5-7/h1-5,9,14H,6H2,(H,11,13,15). The average molecular weight is 206 g/mol. The Morgan fingerprint density at radius 1 is 1.27 bits per heavy atom. The summed E-state index contributed by atoms with van der Waals surface area (Å²) in [5, 5.41) is 11.4. The molecule has 78 valence electrons. The fourth-order valence-corrected chi connectivity index (χ4v) is 1.43. The van der Waals surface area contributed by atoms with Crippen LogP contribution in [-0.4, -0.2) is 28.2 Å². The normalized spacial score (nSPS) is 20.6. The molecule has 2 rings (SSSR count). The first kappa shape index (κ1) is 9.67. The Kier molecular flexibility index (Phi) is 2.39. The highest BCUT2D eigenvalue weighted by atomic mass is 16.3. The molecule has 0 radical (unpaired) electrons. The van der Waals surface area contributed by atoms with Crippen LogP contribution in [0.1, 0.15) is 5.56 Å². The van der Waals surface area contributed by atoms with Gasteiger partial charge in [-0.2, -0.15) is 0 Å². The molecule has 5 heteroatoms. The van der Waals surface area contributed by atoms with Crippen molar-refractivity contribution in [3.05, 3.63) is 35.9 Å². The van der Waals surface area contributed by atoms with Gasteiger partial charge in [0.15, 0.2) is 0 Å². The van der Waals surface area contributed by atoms with Crippen LogP contribution in [0, 0.1) is 0 Å². The van der Waals surface area contributed by atoms with E-state index in [0.717, 1.165) is 10.5 Å². The molecule has 0 aliphatic carbocycles. The van der Waals surface area contributed by atoms with Crippen LogP contribution in [0.2, 0.25) is 0 Å². The number of nitrogens with one attached hydrogen (secondary N) is 1. The number of benzene rings is 1. The predicted molar refractivity (Wildman–Crippen MR) is 51.5 cm³/mol. The van der Waals surface area contributed by atoms with E-state index in [9.17, 15) is 14.7 Å². The first-order valence-corrected chi connectivity index (χ1v) is 4.52. The minimum atomic E-state index is -1.38. The van der Waals surface area contributed by atoms with Gasteiger partial charge in [0.1, 0.15) is 0 Å². The van der Waals surface area contributed by atoms with Gasteiger partial charge in [0.05, 0.1) is 6.54 Å². The van der Waals surface area contributed by atoms with Gasteiger partial charge in [-0.1, -0.05) is 30.3 Å². The Morgan fingerprint density at radius 2 is 1.93 bits per heavy atom. The van der Waals surface area contributed by atoms with E-state index in [4.69, 9.17) is 0 Å². The molecule has 1 aromatic rings. The molecule has 1 saturated heterocycles. The number of rotatable bonds is 2. The van der Waals surface area contributed by atoms with Gasteiger partial charge >= 0.3 is 6.03 Å². The van der Waals surface area contributed by atoms with Crippen molar-refractivity contribution in [2.45, 2.75) is 12.8 Å². The lowest BCUT2D eigenvalue weighted by Gasteiger charge is -2.16. The number of carbonyl (C=O) groups is 2. The molecule has 3 amide bonds. The second-order valence-corrected chi connectivity index (χ2v) is 3.28. The lowest BCUT2D eigenvalue weighted by Crippen LogP contribution is -2.34. The van der Waals surface area contributed by atoms with Crippen LogP contribution in [0.25, 0.3) is 0 Å². The van der Waals surface area contributed by atoms with E-state index in [1.54, 1.807) is 0 Å². The predicted octanol–water partition coefficient (Wildman–Crippen LogP) is 0.0568. The number of aliphatic hydroxyl groups excluding tert-OH is 1. The Bertz CT molecular complexity index is 391. The fourth-order valence-electron chi connectivity index (χ4n) is 1.43. The smallest absolute Gasteiger partial charge is 0.326 e. The van der Waals surface area contributed by atoms with E-state index in [1.807, 2.05) is 35.6 Å². The van der Waals surface area contributed by atoms with Gasteiger partial charge in [-0.15, -0.1) is 0 Å². The van der Waals surface area contributed by atoms with Crippen LogP contribution < -0.4 is 5.32 Å². The first-order chi connectivity index (χ1) is 7.18. The summed E-state index contributed by atoms with van der Waals surface area (Å²) in [7, 11) is 0. The molecule has 5 nitrogen and oxygen atoms in total. The molecule has 1 atom stereocenters. The summed E-state index contributed by atoms with van der Waals surface area (Å²) in [4.78, 5) is 23.3. The molecular formula is C10H10N2O3. The summed E-state index contributed by atoms with van der Waals surface area (Å²) in [6.07, 6.45) is -1.38. The number of imide groups is 1. The minimum absolute atomic E-state index is 0.222. The first-order valence-electron chi connectivity index (χ1n) is 4.52. The summed E-state index contributed by atoms with van der Waals surface area (Å²) in [6.45, 7) is 0.222. The summed E-state index contributed by atoms with van der Waals surface area (Å²) >= 11 is 0. The van der Waals surface area contributed by atoms with Gasteiger partial charge in [0.2, 0.25) is 6.23 Å². The third-order valence-corrected chi connectivity index (χ3v) is 2.22. The second kappa shape index (κ2) is 3.70. The van der Waals surface area contributed by atoms with Crippen molar-refractivity contribution in [1.82, 2.24) is 10.2 Å². The van der Waals surface area contributed by atoms with Crippen molar-refractivity contribution >= 4 is 11.9 Å². The highest BCUT2D eigenvalue weighted by molar-refractivity contribution is 6.03. The molecule has 0 aromatic heterocycles. The second-order valence-electron chi connectivity index (χ2n) is 3.28. The highest BCUT2D eigenvalue weighted by Crippen LogP contribution is 2.11. The van der Waals surface area contributed by atoms with Crippen molar-refractivity contribution < 1.29 is 14.7 Å². The van der Waals surface area contributed by atoms with E-state index in [0.29, 0.717) is 0 Å².